The van der Waals surface area contributed by atoms with Crippen molar-refractivity contribution >= 4 is 11.6 Å². The molecule has 0 heterocycles. The molecule has 6 nitrogen and oxygen atoms in total. The fraction of sp³-hybridized carbons (Fsp3) is 0.188. The van der Waals surface area contributed by atoms with E-state index in [0.717, 1.165) is 5.56 Å². The van der Waals surface area contributed by atoms with Gasteiger partial charge < -0.3 is 10.1 Å². The van der Waals surface area contributed by atoms with Crippen LogP contribution in [-0.4, -0.2) is 17.4 Å². The van der Waals surface area contributed by atoms with Crippen LogP contribution >= 0.6 is 0 Å². The quantitative estimate of drug-likeness (QED) is 0.656. The summed E-state index contributed by atoms with van der Waals surface area (Å²) >= 11 is 0. The number of aryl methyl sites for hydroxylation is 1. The Kier molecular flexibility index (Phi) is 5.08. The molecule has 6 heteroatoms. The number of non-ortho nitro benzene ring substituents is 1. The van der Waals surface area contributed by atoms with Crippen molar-refractivity contribution in [1.82, 2.24) is 5.32 Å². The van der Waals surface area contributed by atoms with Gasteiger partial charge in [-0.25, -0.2) is 0 Å². The van der Waals surface area contributed by atoms with E-state index in [1.807, 2.05) is 30.3 Å². The van der Waals surface area contributed by atoms with E-state index < -0.39 is 4.92 Å². The molecule has 0 spiro atoms. The molecule has 1 amide bonds. The summed E-state index contributed by atoms with van der Waals surface area (Å²) in [4.78, 5) is 21.9. The molecule has 0 unspecified atom stereocenters. The van der Waals surface area contributed by atoms with Gasteiger partial charge in [0.2, 0.25) is 0 Å². The molecule has 0 saturated carbocycles. The Morgan fingerprint density at radius 3 is 2.59 bits per heavy atom. The summed E-state index contributed by atoms with van der Waals surface area (Å²) in [5, 5.41) is 13.4. The van der Waals surface area contributed by atoms with Crippen LogP contribution in [0.4, 0.5) is 5.69 Å². The number of nitrogens with one attached hydrogen (secondary N) is 1. The first-order chi connectivity index (χ1) is 10.6. The second-order valence-electron chi connectivity index (χ2n) is 4.76. The van der Waals surface area contributed by atoms with Crippen molar-refractivity contribution < 1.29 is 14.5 Å². The van der Waals surface area contributed by atoms with Gasteiger partial charge in [0.25, 0.3) is 11.6 Å². The highest BCUT2D eigenvalue weighted by atomic mass is 16.6. The number of carbonyl (C=O) groups excluding carboxylic acids is 1. The smallest absolute Gasteiger partial charge is 0.269 e. The number of nitro groups is 1. The molecule has 0 aliphatic heterocycles. The molecule has 2 aromatic rings. The van der Waals surface area contributed by atoms with Gasteiger partial charge in [0.1, 0.15) is 5.75 Å². The topological polar surface area (TPSA) is 81.5 Å². The average Bonchev–Trinajstić information content (AvgIpc) is 2.52. The monoisotopic (exact) mass is 300 g/mol. The Hall–Kier alpha value is -2.89. The minimum atomic E-state index is -0.469. The van der Waals surface area contributed by atoms with Crippen molar-refractivity contribution in [3.05, 3.63) is 69.8 Å². The van der Waals surface area contributed by atoms with Crippen LogP contribution in [-0.2, 0) is 11.3 Å². The number of carbonyl (C=O) groups is 1. The summed E-state index contributed by atoms with van der Waals surface area (Å²) in [5.74, 6) is 0.210. The van der Waals surface area contributed by atoms with Gasteiger partial charge in [-0.1, -0.05) is 30.3 Å². The van der Waals surface area contributed by atoms with Crippen molar-refractivity contribution in [3.8, 4) is 5.75 Å². The Labute approximate surface area is 127 Å². The van der Waals surface area contributed by atoms with E-state index in [1.165, 1.54) is 18.2 Å². The van der Waals surface area contributed by atoms with E-state index in [9.17, 15) is 14.9 Å². The molecule has 1 N–H and O–H groups in total. The van der Waals surface area contributed by atoms with Crippen LogP contribution < -0.4 is 10.1 Å². The molecule has 0 aromatic heterocycles. The van der Waals surface area contributed by atoms with E-state index in [4.69, 9.17) is 4.74 Å². The fourth-order valence-electron chi connectivity index (χ4n) is 1.90. The van der Waals surface area contributed by atoms with Gasteiger partial charge in [-0.2, -0.15) is 0 Å². The molecule has 0 fully saturated rings. The summed E-state index contributed by atoms with van der Waals surface area (Å²) in [5.41, 5.74) is 1.62. The lowest BCUT2D eigenvalue weighted by Crippen LogP contribution is -2.28. The van der Waals surface area contributed by atoms with Crippen LogP contribution in [0.5, 0.6) is 5.75 Å². The van der Waals surface area contributed by atoms with Crippen molar-refractivity contribution in [2.24, 2.45) is 0 Å². The molecular formula is C16H16N2O4. The number of nitro benzene ring substituents is 1. The van der Waals surface area contributed by atoms with Gasteiger partial charge in [0, 0.05) is 18.7 Å². The highest BCUT2D eigenvalue weighted by Crippen LogP contribution is 2.23. The Morgan fingerprint density at radius 2 is 1.95 bits per heavy atom. The SMILES string of the molecule is Cc1cc([N+](=O)[O-])ccc1OCC(=O)NCc1ccccc1. The zero-order valence-corrected chi connectivity index (χ0v) is 12.1. The standard InChI is InChI=1S/C16H16N2O4/c1-12-9-14(18(20)21)7-8-15(12)22-11-16(19)17-10-13-5-3-2-4-6-13/h2-9H,10-11H2,1H3,(H,17,19). The van der Waals surface area contributed by atoms with Crippen LogP contribution in [0, 0.1) is 17.0 Å². The van der Waals surface area contributed by atoms with Gasteiger partial charge in [-0.05, 0) is 24.1 Å². The number of nitrogens with zero attached hydrogens (tertiary/aromatic N) is 1. The second kappa shape index (κ2) is 7.21. The molecule has 0 radical (unpaired) electrons. The minimum absolute atomic E-state index is 0.00150. The lowest BCUT2D eigenvalue weighted by atomic mass is 10.2. The first-order valence-corrected chi connectivity index (χ1v) is 6.75. The van der Waals surface area contributed by atoms with Crippen LogP contribution in [0.25, 0.3) is 0 Å². The number of hydrogen-bond acceptors (Lipinski definition) is 4. The summed E-state index contributed by atoms with van der Waals surface area (Å²) in [6.45, 7) is 2.00. The summed E-state index contributed by atoms with van der Waals surface area (Å²) in [6, 6.07) is 13.8. The van der Waals surface area contributed by atoms with Crippen molar-refractivity contribution in [3.63, 3.8) is 0 Å². The van der Waals surface area contributed by atoms with E-state index in [0.29, 0.717) is 17.9 Å². The number of hydrogen-bond donors (Lipinski definition) is 1. The van der Waals surface area contributed by atoms with E-state index in [-0.39, 0.29) is 18.2 Å². The highest BCUT2D eigenvalue weighted by molar-refractivity contribution is 5.77. The van der Waals surface area contributed by atoms with E-state index in [1.54, 1.807) is 6.92 Å². The highest BCUT2D eigenvalue weighted by Gasteiger charge is 2.10. The molecule has 0 aliphatic rings. The molecule has 0 saturated heterocycles. The van der Waals surface area contributed by atoms with Crippen LogP contribution in [0.1, 0.15) is 11.1 Å². The zero-order chi connectivity index (χ0) is 15.9. The van der Waals surface area contributed by atoms with Gasteiger partial charge in [-0.3, -0.25) is 14.9 Å². The summed E-state index contributed by atoms with van der Waals surface area (Å²) < 4.78 is 5.39. The molecule has 0 atom stereocenters. The normalized spacial score (nSPS) is 10.0. The maximum Gasteiger partial charge on any atom is 0.269 e. The minimum Gasteiger partial charge on any atom is -0.484 e. The molecule has 0 bridgehead atoms. The maximum atomic E-state index is 11.7. The maximum absolute atomic E-state index is 11.7. The molecule has 0 aliphatic carbocycles. The summed E-state index contributed by atoms with van der Waals surface area (Å²) in [6.07, 6.45) is 0. The number of ether oxygens (including phenoxy) is 1. The molecule has 114 valence electrons. The first-order valence-electron chi connectivity index (χ1n) is 6.75. The first kappa shape index (κ1) is 15.5. The van der Waals surface area contributed by atoms with Crippen molar-refractivity contribution in [1.29, 1.82) is 0 Å². The third-order valence-corrected chi connectivity index (χ3v) is 3.06. The number of rotatable bonds is 6. The Bertz CT molecular complexity index is 671. The third kappa shape index (κ3) is 4.31. The second-order valence-corrected chi connectivity index (χ2v) is 4.76. The van der Waals surface area contributed by atoms with Crippen LogP contribution in [0.15, 0.2) is 48.5 Å². The number of benzene rings is 2. The fourth-order valence-corrected chi connectivity index (χ4v) is 1.90. The van der Waals surface area contributed by atoms with Gasteiger partial charge in [-0.15, -0.1) is 0 Å². The van der Waals surface area contributed by atoms with Crippen molar-refractivity contribution in [2.45, 2.75) is 13.5 Å². The lowest BCUT2D eigenvalue weighted by molar-refractivity contribution is -0.384. The molecular weight excluding hydrogens is 284 g/mol. The van der Waals surface area contributed by atoms with Crippen LogP contribution in [0.2, 0.25) is 0 Å². The van der Waals surface area contributed by atoms with Gasteiger partial charge >= 0.3 is 0 Å². The molecule has 22 heavy (non-hydrogen) atoms. The lowest BCUT2D eigenvalue weighted by Gasteiger charge is -2.09. The average molecular weight is 300 g/mol. The van der Waals surface area contributed by atoms with Crippen molar-refractivity contribution in [2.75, 3.05) is 6.61 Å². The summed E-state index contributed by atoms with van der Waals surface area (Å²) in [7, 11) is 0. The van der Waals surface area contributed by atoms with E-state index in [2.05, 4.69) is 5.32 Å². The third-order valence-electron chi connectivity index (χ3n) is 3.06. The molecule has 2 aromatic carbocycles. The largest absolute Gasteiger partial charge is 0.484 e. The van der Waals surface area contributed by atoms with E-state index >= 15 is 0 Å². The van der Waals surface area contributed by atoms with Gasteiger partial charge in [0.05, 0.1) is 4.92 Å². The Morgan fingerprint density at radius 1 is 1.23 bits per heavy atom. The van der Waals surface area contributed by atoms with Crippen LogP contribution in [0.3, 0.4) is 0 Å². The predicted octanol–water partition coefficient (Wildman–Crippen LogP) is 2.60. The zero-order valence-electron chi connectivity index (χ0n) is 12.1. The number of amides is 1. The molecule has 2 rings (SSSR count). The Balaban J connectivity index is 1.85. The predicted molar refractivity (Wildman–Crippen MR) is 81.6 cm³/mol. The van der Waals surface area contributed by atoms with Gasteiger partial charge in [0.15, 0.2) is 6.61 Å².